The topological polar surface area (TPSA) is 131 Å². The van der Waals surface area contributed by atoms with E-state index in [1.54, 1.807) is 49.2 Å². The SMILES string of the molecule is CCOC(=O)c1nc(N(C)c2cc(C)c(Nc3nc4ccccc4s3)nn2)sc1C1CN(S(=O)(=O)c2ccccc2)C1. The van der Waals surface area contributed by atoms with Gasteiger partial charge in [-0.15, -0.1) is 21.5 Å². The van der Waals surface area contributed by atoms with Gasteiger partial charge in [0.2, 0.25) is 10.0 Å². The second-order valence-electron chi connectivity index (χ2n) is 9.67. The average Bonchev–Trinajstić information content (AvgIpc) is 3.58. The van der Waals surface area contributed by atoms with E-state index in [0.29, 0.717) is 21.6 Å². The minimum atomic E-state index is -3.62. The molecule has 2 aromatic carbocycles. The Morgan fingerprint density at radius 3 is 2.52 bits per heavy atom. The lowest BCUT2D eigenvalue weighted by molar-refractivity contribution is 0.0517. The van der Waals surface area contributed by atoms with Crippen LogP contribution in [-0.4, -0.2) is 65.6 Å². The highest BCUT2D eigenvalue weighted by atomic mass is 32.2. The van der Waals surface area contributed by atoms with E-state index < -0.39 is 16.0 Å². The van der Waals surface area contributed by atoms with E-state index in [1.807, 2.05) is 37.3 Å². The van der Waals surface area contributed by atoms with Crippen molar-refractivity contribution in [3.05, 3.63) is 76.8 Å². The van der Waals surface area contributed by atoms with Crippen molar-refractivity contribution in [3.8, 4) is 0 Å². The zero-order valence-electron chi connectivity index (χ0n) is 23.0. The van der Waals surface area contributed by atoms with Crippen LogP contribution in [0.25, 0.3) is 10.2 Å². The predicted octanol–water partition coefficient (Wildman–Crippen LogP) is 5.33. The number of anilines is 4. The Labute approximate surface area is 250 Å². The van der Waals surface area contributed by atoms with Gasteiger partial charge in [0, 0.05) is 30.9 Å². The van der Waals surface area contributed by atoms with Crippen molar-refractivity contribution in [2.45, 2.75) is 24.7 Å². The minimum absolute atomic E-state index is 0.184. The molecule has 1 N–H and O–H groups in total. The van der Waals surface area contributed by atoms with Crippen LogP contribution in [0.15, 0.2) is 65.6 Å². The average molecular weight is 622 g/mol. The van der Waals surface area contributed by atoms with E-state index in [4.69, 9.17) is 4.74 Å². The number of hydrogen-bond acceptors (Lipinski definition) is 12. The first kappa shape index (κ1) is 28.2. The van der Waals surface area contributed by atoms with E-state index >= 15 is 0 Å². The molecule has 1 fully saturated rings. The number of aryl methyl sites for hydroxylation is 1. The number of carbonyl (C=O) groups excluding carboxylic acids is 1. The summed E-state index contributed by atoms with van der Waals surface area (Å²) in [5.74, 6) is 0.411. The number of nitrogens with one attached hydrogen (secondary N) is 1. The van der Waals surface area contributed by atoms with Gasteiger partial charge in [-0.1, -0.05) is 41.7 Å². The van der Waals surface area contributed by atoms with Gasteiger partial charge in [-0.2, -0.15) is 4.31 Å². The summed E-state index contributed by atoms with van der Waals surface area (Å²) in [6.07, 6.45) is 0. The molecule has 11 nitrogen and oxygen atoms in total. The van der Waals surface area contributed by atoms with Gasteiger partial charge < -0.3 is 15.0 Å². The Hall–Kier alpha value is -3.98. The summed E-state index contributed by atoms with van der Waals surface area (Å²) in [4.78, 5) is 24.8. The molecular weight excluding hydrogens is 595 g/mol. The molecular formula is C28H27N7O4S3. The number of esters is 1. The molecule has 14 heteroatoms. The maximum atomic E-state index is 13.0. The Balaban J connectivity index is 1.22. The molecule has 216 valence electrons. The first-order valence-electron chi connectivity index (χ1n) is 13.2. The first-order valence-corrected chi connectivity index (χ1v) is 16.3. The van der Waals surface area contributed by atoms with Gasteiger partial charge in [-0.3, -0.25) is 0 Å². The molecule has 4 heterocycles. The van der Waals surface area contributed by atoms with Gasteiger partial charge in [0.05, 0.1) is 21.7 Å². The smallest absolute Gasteiger partial charge is 0.358 e. The number of para-hydroxylation sites is 1. The normalized spacial score (nSPS) is 14.1. The van der Waals surface area contributed by atoms with Gasteiger partial charge in [0.15, 0.2) is 27.6 Å². The van der Waals surface area contributed by atoms with E-state index in [2.05, 4.69) is 25.5 Å². The van der Waals surface area contributed by atoms with Crippen molar-refractivity contribution in [2.24, 2.45) is 0 Å². The zero-order chi connectivity index (χ0) is 29.4. The van der Waals surface area contributed by atoms with Crippen molar-refractivity contribution >= 4 is 70.8 Å². The number of thiazole rings is 2. The lowest BCUT2D eigenvalue weighted by atomic mass is 10.00. The van der Waals surface area contributed by atoms with Gasteiger partial charge in [-0.05, 0) is 49.7 Å². The van der Waals surface area contributed by atoms with Crippen LogP contribution in [0.4, 0.5) is 21.9 Å². The molecule has 0 bridgehead atoms. The van der Waals surface area contributed by atoms with Gasteiger partial charge in [-0.25, -0.2) is 23.2 Å². The van der Waals surface area contributed by atoms with Crippen LogP contribution in [0.2, 0.25) is 0 Å². The van der Waals surface area contributed by atoms with Crippen LogP contribution in [0.5, 0.6) is 0 Å². The summed E-state index contributed by atoms with van der Waals surface area (Å²) in [7, 11) is -1.82. The third kappa shape index (κ3) is 5.33. The maximum Gasteiger partial charge on any atom is 0.358 e. The largest absolute Gasteiger partial charge is 0.461 e. The lowest BCUT2D eigenvalue weighted by Crippen LogP contribution is -2.48. The Kier molecular flexibility index (Phi) is 7.62. The first-order chi connectivity index (χ1) is 20.2. The molecule has 5 aromatic rings. The zero-order valence-corrected chi connectivity index (χ0v) is 25.5. The monoisotopic (exact) mass is 621 g/mol. The van der Waals surface area contributed by atoms with Crippen LogP contribution in [0.1, 0.15) is 33.8 Å². The van der Waals surface area contributed by atoms with Gasteiger partial charge >= 0.3 is 5.97 Å². The van der Waals surface area contributed by atoms with E-state index in [0.717, 1.165) is 20.9 Å². The van der Waals surface area contributed by atoms with Crippen LogP contribution < -0.4 is 10.2 Å². The molecule has 0 amide bonds. The highest BCUT2D eigenvalue weighted by molar-refractivity contribution is 7.89. The summed E-state index contributed by atoms with van der Waals surface area (Å²) < 4.78 is 33.8. The third-order valence-electron chi connectivity index (χ3n) is 6.83. The second-order valence-corrected chi connectivity index (χ2v) is 13.6. The van der Waals surface area contributed by atoms with Crippen LogP contribution >= 0.6 is 22.7 Å². The van der Waals surface area contributed by atoms with E-state index in [1.165, 1.54) is 27.0 Å². The quantitative estimate of drug-likeness (QED) is 0.216. The summed E-state index contributed by atoms with van der Waals surface area (Å²) in [6, 6.07) is 18.1. The number of hydrogen-bond donors (Lipinski definition) is 1. The molecule has 0 aliphatic carbocycles. The Morgan fingerprint density at radius 1 is 1.07 bits per heavy atom. The fourth-order valence-electron chi connectivity index (χ4n) is 4.51. The van der Waals surface area contributed by atoms with Crippen LogP contribution in [0.3, 0.4) is 0 Å². The molecule has 0 spiro atoms. The van der Waals surface area contributed by atoms with Gasteiger partial charge in [0.1, 0.15) is 0 Å². The molecule has 1 aliphatic heterocycles. The van der Waals surface area contributed by atoms with E-state index in [-0.39, 0.29) is 36.2 Å². The number of ether oxygens (including phenoxy) is 1. The minimum Gasteiger partial charge on any atom is -0.461 e. The lowest BCUT2D eigenvalue weighted by Gasteiger charge is -2.37. The van der Waals surface area contributed by atoms with Crippen LogP contribution in [-0.2, 0) is 14.8 Å². The Morgan fingerprint density at radius 2 is 1.81 bits per heavy atom. The van der Waals surface area contributed by atoms with E-state index in [9.17, 15) is 13.2 Å². The van der Waals surface area contributed by atoms with Crippen molar-refractivity contribution < 1.29 is 17.9 Å². The molecule has 0 atom stereocenters. The number of nitrogens with zero attached hydrogens (tertiary/aromatic N) is 6. The highest BCUT2D eigenvalue weighted by Crippen LogP contribution is 2.40. The van der Waals surface area contributed by atoms with Crippen molar-refractivity contribution in [1.29, 1.82) is 0 Å². The molecule has 1 aliphatic rings. The van der Waals surface area contributed by atoms with Gasteiger partial charge in [0.25, 0.3) is 0 Å². The molecule has 0 unspecified atom stereocenters. The fraction of sp³-hybridized carbons (Fsp3) is 0.250. The number of rotatable bonds is 9. The highest BCUT2D eigenvalue weighted by Gasteiger charge is 2.41. The number of sulfonamides is 1. The van der Waals surface area contributed by atoms with Crippen molar-refractivity contribution in [1.82, 2.24) is 24.5 Å². The number of fused-ring (bicyclic) bond motifs is 1. The Bertz CT molecular complexity index is 1840. The number of aromatic nitrogens is 4. The molecule has 42 heavy (non-hydrogen) atoms. The second kappa shape index (κ2) is 11.4. The standard InChI is InChI=1S/C28H27N7O4S3/c1-4-39-26(36)23-24(18-15-35(16-18)42(37,38)19-10-6-5-7-11-19)41-28(30-23)34(3)22-14-17(2)25(33-32-22)31-27-29-20-12-8-9-13-21(20)40-27/h5-14,18H,4,15-16H2,1-3H3,(H,29,31,33). The summed E-state index contributed by atoms with van der Waals surface area (Å²) in [6.45, 7) is 4.36. The summed E-state index contributed by atoms with van der Waals surface area (Å²) in [5, 5.41) is 13.3. The maximum absolute atomic E-state index is 13.0. The third-order valence-corrected chi connectivity index (χ3v) is 10.9. The summed E-state index contributed by atoms with van der Waals surface area (Å²) >= 11 is 2.86. The molecule has 0 radical (unpaired) electrons. The van der Waals surface area contributed by atoms with Crippen LogP contribution in [0, 0.1) is 6.92 Å². The molecule has 0 saturated carbocycles. The molecule has 3 aromatic heterocycles. The predicted molar refractivity (Wildman–Crippen MR) is 164 cm³/mol. The number of carbonyl (C=O) groups is 1. The van der Waals surface area contributed by atoms with Crippen molar-refractivity contribution in [3.63, 3.8) is 0 Å². The van der Waals surface area contributed by atoms with Crippen molar-refractivity contribution in [2.75, 3.05) is 37.0 Å². The summed E-state index contributed by atoms with van der Waals surface area (Å²) in [5.41, 5.74) is 1.97. The fourth-order valence-corrected chi connectivity index (χ4v) is 8.03. The molecule has 1 saturated heterocycles. The molecule has 6 rings (SSSR count). The number of benzene rings is 2.